The van der Waals surface area contributed by atoms with Gasteiger partial charge in [-0.05, 0) is 84.8 Å². The van der Waals surface area contributed by atoms with Gasteiger partial charge in [0.05, 0.1) is 18.8 Å². The van der Waals surface area contributed by atoms with E-state index in [-0.39, 0.29) is 12.0 Å². The average Bonchev–Trinajstić information content (AvgIpc) is 3.43. The zero-order valence-corrected chi connectivity index (χ0v) is 27.9. The van der Waals surface area contributed by atoms with Gasteiger partial charge in [0.25, 0.3) is 0 Å². The van der Waals surface area contributed by atoms with E-state index in [0.29, 0.717) is 24.0 Å². The number of hydrogen-bond donors (Lipinski definition) is 3. The molecule has 0 spiro atoms. The van der Waals surface area contributed by atoms with Crippen LogP contribution in [-0.4, -0.2) is 84.2 Å². The summed E-state index contributed by atoms with van der Waals surface area (Å²) in [5, 5.41) is 21.0. The van der Waals surface area contributed by atoms with Crippen molar-refractivity contribution in [2.75, 3.05) is 50.8 Å². The summed E-state index contributed by atoms with van der Waals surface area (Å²) in [5.74, 6) is 2.44. The van der Waals surface area contributed by atoms with Crippen LogP contribution in [0.4, 0.5) is 5.69 Å². The molecule has 2 saturated heterocycles. The molecule has 2 aliphatic heterocycles. The van der Waals surface area contributed by atoms with E-state index in [0.717, 1.165) is 69.2 Å². The van der Waals surface area contributed by atoms with Gasteiger partial charge in [-0.2, -0.15) is 5.06 Å². The summed E-state index contributed by atoms with van der Waals surface area (Å²) in [6.45, 7) is 16.0. The maximum absolute atomic E-state index is 10.6. The van der Waals surface area contributed by atoms with Crippen LogP contribution in [0.5, 0.6) is 0 Å². The van der Waals surface area contributed by atoms with Gasteiger partial charge in [0.2, 0.25) is 0 Å². The summed E-state index contributed by atoms with van der Waals surface area (Å²) in [6, 6.07) is 20.2. The van der Waals surface area contributed by atoms with E-state index in [2.05, 4.69) is 101 Å². The molecule has 44 heavy (non-hydrogen) atoms. The van der Waals surface area contributed by atoms with E-state index in [1.54, 1.807) is 0 Å². The lowest BCUT2D eigenvalue weighted by Crippen LogP contribution is -2.61. The summed E-state index contributed by atoms with van der Waals surface area (Å²) < 4.78 is 0. The molecule has 2 aromatic carbocycles. The largest absolute Gasteiger partial charge is 0.393 e. The summed E-state index contributed by atoms with van der Waals surface area (Å²) in [6.07, 6.45) is 3.23. The summed E-state index contributed by atoms with van der Waals surface area (Å²) in [5.41, 5.74) is 4.32. The molecular formula is C36H53N5O2S. The average molecular weight is 620 g/mol. The molecule has 2 bridgehead atoms. The van der Waals surface area contributed by atoms with Crippen LogP contribution in [0.25, 0.3) is 0 Å². The lowest BCUT2D eigenvalue weighted by atomic mass is 9.45. The summed E-state index contributed by atoms with van der Waals surface area (Å²) in [7, 11) is 0. The van der Waals surface area contributed by atoms with E-state index in [9.17, 15) is 5.11 Å². The monoisotopic (exact) mass is 619 g/mol. The lowest BCUT2D eigenvalue weighted by molar-refractivity contribution is -0.142. The van der Waals surface area contributed by atoms with Gasteiger partial charge in [0, 0.05) is 63.5 Å². The summed E-state index contributed by atoms with van der Waals surface area (Å²) in [4.78, 5) is 11.0. The van der Waals surface area contributed by atoms with E-state index in [1.165, 1.54) is 29.7 Å². The molecule has 2 heterocycles. The van der Waals surface area contributed by atoms with Crippen LogP contribution in [0.15, 0.2) is 54.6 Å². The first kappa shape index (κ1) is 31.7. The van der Waals surface area contributed by atoms with Gasteiger partial charge in [-0.25, -0.2) is 0 Å². The Balaban J connectivity index is 1.01. The maximum Gasteiger partial charge on any atom is 0.169 e. The molecule has 2 aromatic rings. The zero-order chi connectivity index (χ0) is 30.8. The van der Waals surface area contributed by atoms with E-state index in [4.69, 9.17) is 17.1 Å². The van der Waals surface area contributed by atoms with Crippen molar-refractivity contribution in [3.63, 3.8) is 0 Å². The molecule has 5 fully saturated rings. The molecule has 0 aromatic heterocycles. The molecule has 7 nitrogen and oxygen atoms in total. The fourth-order valence-corrected chi connectivity index (χ4v) is 8.72. The Bertz CT molecular complexity index is 1250. The highest BCUT2D eigenvalue weighted by atomic mass is 32.1. The smallest absolute Gasteiger partial charge is 0.169 e. The van der Waals surface area contributed by atoms with E-state index >= 15 is 0 Å². The highest BCUT2D eigenvalue weighted by molar-refractivity contribution is 7.80. The number of anilines is 1. The number of aliphatic hydroxyl groups is 1. The minimum atomic E-state index is -0.399. The van der Waals surface area contributed by atoms with E-state index < -0.39 is 6.10 Å². The number of hydrogen-bond acceptors (Lipinski definition) is 6. The lowest BCUT2D eigenvalue weighted by Gasteiger charge is -2.62. The Morgan fingerprint density at radius 2 is 1.80 bits per heavy atom. The molecule has 3 saturated carbocycles. The molecular weight excluding hydrogens is 566 g/mol. The van der Waals surface area contributed by atoms with Crippen LogP contribution in [-0.2, 0) is 17.8 Å². The van der Waals surface area contributed by atoms with Crippen molar-refractivity contribution in [1.29, 1.82) is 0 Å². The van der Waals surface area contributed by atoms with Crippen LogP contribution in [0, 0.1) is 29.1 Å². The van der Waals surface area contributed by atoms with Crippen LogP contribution >= 0.6 is 12.2 Å². The maximum atomic E-state index is 10.6. The Kier molecular flexibility index (Phi) is 9.84. The fourth-order valence-electron chi connectivity index (χ4n) is 8.44. The first-order valence-corrected chi connectivity index (χ1v) is 17.3. The molecule has 0 amide bonds. The van der Waals surface area contributed by atoms with Gasteiger partial charge < -0.3 is 25.5 Å². The van der Waals surface area contributed by atoms with Crippen molar-refractivity contribution < 1.29 is 9.94 Å². The summed E-state index contributed by atoms with van der Waals surface area (Å²) >= 11 is 5.73. The number of piperazine rings is 1. The van der Waals surface area contributed by atoms with Crippen molar-refractivity contribution in [2.24, 2.45) is 29.1 Å². The number of nitrogens with zero attached hydrogens (tertiary/aromatic N) is 3. The first-order valence-electron chi connectivity index (χ1n) is 16.9. The van der Waals surface area contributed by atoms with Gasteiger partial charge in [0.1, 0.15) is 0 Å². The molecule has 5 aliphatic rings. The quantitative estimate of drug-likeness (QED) is 0.331. The zero-order valence-electron chi connectivity index (χ0n) is 27.1. The van der Waals surface area contributed by atoms with Gasteiger partial charge in [-0.3, -0.25) is 4.84 Å². The Morgan fingerprint density at radius 3 is 2.50 bits per heavy atom. The third-order valence-corrected chi connectivity index (χ3v) is 12.0. The molecule has 3 aliphatic carbocycles. The predicted molar refractivity (Wildman–Crippen MR) is 182 cm³/mol. The van der Waals surface area contributed by atoms with Crippen molar-refractivity contribution >= 4 is 23.0 Å². The van der Waals surface area contributed by atoms with Gasteiger partial charge >= 0.3 is 0 Å². The number of fused-ring (bicyclic) bond motifs is 2. The minimum Gasteiger partial charge on any atom is -0.393 e. The minimum absolute atomic E-state index is 0.105. The number of thiocarbonyl (C=S) groups is 1. The standard InChI is InChI=1S/C36H53N5O2S/c1-25-32-20-29(36(32,3)4)21-33(25)38-22-34-31(26(2)42)24-43-41(34)23-28-11-8-12-30(19-28)39-15-17-40(18-16-39)35(44)37-14-13-27-9-6-5-7-10-27/h5-12,19,25-26,29,31-34,38,42H,13-18,20-24H2,1-4H3,(H,37,44)/t25-,26-,29+,31-,32-,33-,34?/m0/s1. The number of benzene rings is 2. The number of rotatable bonds is 10. The molecule has 0 radical (unpaired) electrons. The molecule has 1 unspecified atom stereocenters. The predicted octanol–water partition coefficient (Wildman–Crippen LogP) is 4.70. The Labute approximate surface area is 270 Å². The second kappa shape index (κ2) is 13.6. The molecule has 7 rings (SSSR count). The Morgan fingerprint density at radius 1 is 1.05 bits per heavy atom. The third-order valence-electron chi connectivity index (χ3n) is 11.6. The van der Waals surface area contributed by atoms with E-state index in [1.807, 2.05) is 6.92 Å². The number of aliphatic hydroxyl groups excluding tert-OH is 1. The highest BCUT2D eigenvalue weighted by Gasteiger charge is 2.56. The van der Waals surface area contributed by atoms with Crippen LogP contribution < -0.4 is 15.5 Å². The van der Waals surface area contributed by atoms with Crippen LogP contribution in [0.3, 0.4) is 0 Å². The van der Waals surface area contributed by atoms with Crippen LogP contribution in [0.1, 0.15) is 51.7 Å². The van der Waals surface area contributed by atoms with Gasteiger partial charge in [0.15, 0.2) is 5.11 Å². The molecule has 8 heteroatoms. The number of nitrogens with one attached hydrogen (secondary N) is 2. The third kappa shape index (κ3) is 6.80. The molecule has 7 atom stereocenters. The normalized spacial score (nSPS) is 30.6. The fraction of sp³-hybridized carbons (Fsp3) is 0.639. The second-order valence-electron chi connectivity index (χ2n) is 14.4. The molecule has 240 valence electrons. The first-order chi connectivity index (χ1) is 21.2. The second-order valence-corrected chi connectivity index (χ2v) is 14.8. The topological polar surface area (TPSA) is 63.2 Å². The van der Waals surface area contributed by atoms with Gasteiger partial charge in [-0.1, -0.05) is 63.2 Å². The van der Waals surface area contributed by atoms with Crippen molar-refractivity contribution in [1.82, 2.24) is 20.6 Å². The molecule has 3 N–H and O–H groups in total. The highest BCUT2D eigenvalue weighted by Crippen LogP contribution is 2.61. The van der Waals surface area contributed by atoms with Crippen molar-refractivity contribution in [3.8, 4) is 0 Å². The van der Waals surface area contributed by atoms with Crippen molar-refractivity contribution in [3.05, 3.63) is 65.7 Å². The Hall–Kier alpha value is -2.23. The SMILES string of the molecule is C[C@@H]1[C@@H](NCC2[C@H]([C@H](C)O)CON2Cc2cccc(N3CCN(C(=S)NCCc4ccccc4)CC3)c2)C[C@H]2C[C@@H]1C2(C)C. The van der Waals surface area contributed by atoms with Crippen molar-refractivity contribution in [2.45, 2.75) is 71.7 Å². The van der Waals surface area contributed by atoms with Crippen LogP contribution in [0.2, 0.25) is 0 Å². The van der Waals surface area contributed by atoms with Gasteiger partial charge in [-0.15, -0.1) is 0 Å². The number of hydroxylamine groups is 2.